The smallest absolute Gasteiger partial charge is 0.119 e. The molecular weight excluding hydrogens is 236 g/mol. The van der Waals surface area contributed by atoms with Gasteiger partial charge in [-0.05, 0) is 42.5 Å². The minimum Gasteiger partial charge on any atom is -0.494 e. The van der Waals surface area contributed by atoms with Gasteiger partial charge in [0.25, 0.3) is 0 Å². The number of ether oxygens (including phenoxy) is 1. The third-order valence-corrected chi connectivity index (χ3v) is 3.01. The Balaban J connectivity index is 2.43. The summed E-state index contributed by atoms with van der Waals surface area (Å²) >= 11 is 0. The van der Waals surface area contributed by atoms with E-state index in [1.54, 1.807) is 0 Å². The van der Waals surface area contributed by atoms with E-state index in [0.717, 1.165) is 37.4 Å². The highest BCUT2D eigenvalue weighted by Gasteiger charge is 2.16. The molecule has 3 heteroatoms. The highest BCUT2D eigenvalue weighted by atomic mass is 16.5. The largest absolute Gasteiger partial charge is 0.494 e. The second-order valence-electron chi connectivity index (χ2n) is 5.55. The molecule has 1 aromatic carbocycles. The number of benzene rings is 1. The van der Waals surface area contributed by atoms with Crippen LogP contribution in [0.1, 0.15) is 40.0 Å². The second kappa shape index (κ2) is 7.68. The zero-order valence-corrected chi connectivity index (χ0v) is 12.2. The maximum Gasteiger partial charge on any atom is 0.119 e. The molecule has 0 radical (unpaired) electrons. The van der Waals surface area contributed by atoms with Gasteiger partial charge in [-0.3, -0.25) is 0 Å². The molecule has 1 rings (SSSR count). The molecule has 0 aromatic heterocycles. The first-order chi connectivity index (χ1) is 9.07. The minimum absolute atomic E-state index is 0.132. The molecule has 0 unspecified atom stereocenters. The van der Waals surface area contributed by atoms with Crippen molar-refractivity contribution in [3.8, 4) is 11.8 Å². The van der Waals surface area contributed by atoms with Crippen LogP contribution in [0.3, 0.4) is 0 Å². The maximum absolute atomic E-state index is 8.63. The summed E-state index contributed by atoms with van der Waals surface area (Å²) in [4.78, 5) is 0. The molecular formula is C16H24N2O. The normalized spacial score (nSPS) is 10.8. The van der Waals surface area contributed by atoms with Crippen molar-refractivity contribution in [1.29, 1.82) is 5.26 Å². The fourth-order valence-corrected chi connectivity index (χ4v) is 1.71. The van der Waals surface area contributed by atoms with Crippen LogP contribution >= 0.6 is 0 Å². The van der Waals surface area contributed by atoms with Crippen LogP contribution in [0.15, 0.2) is 24.3 Å². The fraction of sp³-hybridized carbons (Fsp3) is 0.562. The molecule has 19 heavy (non-hydrogen) atoms. The summed E-state index contributed by atoms with van der Waals surface area (Å²) in [6, 6.07) is 10.2. The van der Waals surface area contributed by atoms with E-state index in [1.165, 1.54) is 0 Å². The number of rotatable bonds is 8. The van der Waals surface area contributed by atoms with Crippen molar-refractivity contribution >= 4 is 5.69 Å². The van der Waals surface area contributed by atoms with Gasteiger partial charge < -0.3 is 10.1 Å². The lowest BCUT2D eigenvalue weighted by atomic mass is 9.88. The van der Waals surface area contributed by atoms with Crippen molar-refractivity contribution in [3.05, 3.63) is 24.3 Å². The molecule has 0 saturated carbocycles. The highest BCUT2D eigenvalue weighted by Crippen LogP contribution is 2.23. The van der Waals surface area contributed by atoms with E-state index in [1.807, 2.05) is 24.3 Å². The molecule has 104 valence electrons. The zero-order valence-electron chi connectivity index (χ0n) is 12.2. The minimum atomic E-state index is 0.132. The molecule has 1 aromatic rings. The summed E-state index contributed by atoms with van der Waals surface area (Å²) in [5.74, 6) is 0.913. The Hall–Kier alpha value is -1.69. The van der Waals surface area contributed by atoms with Crippen LogP contribution in [0.5, 0.6) is 5.75 Å². The molecule has 1 N–H and O–H groups in total. The van der Waals surface area contributed by atoms with Gasteiger partial charge in [0.05, 0.1) is 12.7 Å². The third kappa shape index (κ3) is 6.15. The van der Waals surface area contributed by atoms with E-state index >= 15 is 0 Å². The molecule has 0 aliphatic heterocycles. The topological polar surface area (TPSA) is 45.0 Å². The van der Waals surface area contributed by atoms with Crippen molar-refractivity contribution < 1.29 is 4.74 Å². The Morgan fingerprint density at radius 2 is 1.95 bits per heavy atom. The van der Waals surface area contributed by atoms with E-state index in [4.69, 9.17) is 10.00 Å². The van der Waals surface area contributed by atoms with Gasteiger partial charge in [-0.15, -0.1) is 0 Å². The number of nitriles is 1. The molecule has 0 spiro atoms. The van der Waals surface area contributed by atoms with E-state index < -0.39 is 0 Å². The molecule has 0 heterocycles. The van der Waals surface area contributed by atoms with Crippen LogP contribution in [0.4, 0.5) is 5.69 Å². The number of nitrogens with zero attached hydrogens (tertiary/aromatic N) is 1. The molecule has 0 aliphatic rings. The fourth-order valence-electron chi connectivity index (χ4n) is 1.71. The van der Waals surface area contributed by atoms with Crippen molar-refractivity contribution in [2.24, 2.45) is 5.41 Å². The summed E-state index contributed by atoms with van der Waals surface area (Å²) in [7, 11) is 0. The lowest BCUT2D eigenvalue weighted by molar-refractivity contribution is 0.317. The van der Waals surface area contributed by atoms with Gasteiger partial charge in [-0.2, -0.15) is 5.26 Å². The summed E-state index contributed by atoms with van der Waals surface area (Å²) in [6.07, 6.45) is 2.54. The summed E-state index contributed by atoms with van der Waals surface area (Å²) in [5.41, 5.74) is 1.22. The average molecular weight is 260 g/mol. The van der Waals surface area contributed by atoms with E-state index in [9.17, 15) is 0 Å². The van der Waals surface area contributed by atoms with Crippen LogP contribution in [-0.4, -0.2) is 13.2 Å². The summed E-state index contributed by atoms with van der Waals surface area (Å²) in [6.45, 7) is 8.07. The van der Waals surface area contributed by atoms with Crippen LogP contribution < -0.4 is 10.1 Å². The summed E-state index contributed by atoms with van der Waals surface area (Å²) < 4.78 is 5.54. The maximum atomic E-state index is 8.63. The predicted molar refractivity (Wildman–Crippen MR) is 79.3 cm³/mol. The number of anilines is 1. The second-order valence-corrected chi connectivity index (χ2v) is 5.55. The van der Waals surface area contributed by atoms with Gasteiger partial charge >= 0.3 is 0 Å². The Morgan fingerprint density at radius 3 is 2.53 bits per heavy atom. The summed E-state index contributed by atoms with van der Waals surface area (Å²) in [5, 5.41) is 12.0. The van der Waals surface area contributed by atoms with E-state index in [2.05, 4.69) is 32.2 Å². The van der Waals surface area contributed by atoms with Crippen LogP contribution in [0, 0.1) is 16.7 Å². The standard InChI is InChI=1S/C16H24N2O/c1-4-12-19-15-8-6-14(7-9-15)18-13-16(2,3)10-5-11-17/h6-9,18H,4-5,10,12-13H2,1-3H3. The first-order valence-electron chi connectivity index (χ1n) is 6.91. The van der Waals surface area contributed by atoms with Crippen LogP contribution in [-0.2, 0) is 0 Å². The van der Waals surface area contributed by atoms with Crippen LogP contribution in [0.2, 0.25) is 0 Å². The van der Waals surface area contributed by atoms with Gasteiger partial charge in [0.2, 0.25) is 0 Å². The number of nitrogens with one attached hydrogen (secondary N) is 1. The molecule has 0 saturated heterocycles. The SMILES string of the molecule is CCCOc1ccc(NCC(C)(C)CCC#N)cc1. The van der Waals surface area contributed by atoms with Crippen LogP contribution in [0.25, 0.3) is 0 Å². The first kappa shape index (κ1) is 15.4. The highest BCUT2D eigenvalue weighted by molar-refractivity contribution is 5.46. The Kier molecular flexibility index (Phi) is 6.21. The van der Waals surface area contributed by atoms with Crippen molar-refractivity contribution in [2.45, 2.75) is 40.0 Å². The zero-order chi connectivity index (χ0) is 14.1. The molecule has 0 amide bonds. The number of hydrogen-bond acceptors (Lipinski definition) is 3. The quantitative estimate of drug-likeness (QED) is 0.761. The van der Waals surface area contributed by atoms with Gasteiger partial charge in [0, 0.05) is 18.7 Å². The Morgan fingerprint density at radius 1 is 1.26 bits per heavy atom. The monoisotopic (exact) mass is 260 g/mol. The van der Waals surface area contributed by atoms with Gasteiger partial charge in [-0.25, -0.2) is 0 Å². The molecule has 0 aliphatic carbocycles. The predicted octanol–water partition coefficient (Wildman–Crippen LogP) is 4.22. The molecule has 3 nitrogen and oxygen atoms in total. The molecule has 0 fully saturated rings. The lowest BCUT2D eigenvalue weighted by Gasteiger charge is -2.24. The van der Waals surface area contributed by atoms with Crippen molar-refractivity contribution in [1.82, 2.24) is 0 Å². The molecule has 0 bridgehead atoms. The first-order valence-corrected chi connectivity index (χ1v) is 6.91. The van der Waals surface area contributed by atoms with Gasteiger partial charge in [0.15, 0.2) is 0 Å². The van der Waals surface area contributed by atoms with Gasteiger partial charge in [0.1, 0.15) is 5.75 Å². The van der Waals surface area contributed by atoms with Crippen molar-refractivity contribution in [3.63, 3.8) is 0 Å². The average Bonchev–Trinajstić information content (AvgIpc) is 2.42. The molecule has 0 atom stereocenters. The number of hydrogen-bond donors (Lipinski definition) is 1. The third-order valence-electron chi connectivity index (χ3n) is 3.01. The lowest BCUT2D eigenvalue weighted by Crippen LogP contribution is -2.22. The van der Waals surface area contributed by atoms with Gasteiger partial charge in [-0.1, -0.05) is 20.8 Å². The van der Waals surface area contributed by atoms with Crippen molar-refractivity contribution in [2.75, 3.05) is 18.5 Å². The van der Waals surface area contributed by atoms with E-state index in [-0.39, 0.29) is 5.41 Å². The Bertz CT molecular complexity index is 404. The Labute approximate surface area is 116 Å². The van der Waals surface area contributed by atoms with E-state index in [0.29, 0.717) is 6.42 Å².